The summed E-state index contributed by atoms with van der Waals surface area (Å²) in [5, 5.41) is 2.64. The van der Waals surface area contributed by atoms with E-state index in [4.69, 9.17) is 21.9 Å². The number of carbonyl (C=O) groups excluding carboxylic acids is 3. The number of piperazine rings is 1. The van der Waals surface area contributed by atoms with E-state index in [1.807, 2.05) is 0 Å². The van der Waals surface area contributed by atoms with Gasteiger partial charge < -0.3 is 30.9 Å². The summed E-state index contributed by atoms with van der Waals surface area (Å²) in [6, 6.07) is 7.69. The van der Waals surface area contributed by atoms with Crippen LogP contribution in [0.15, 0.2) is 41.3 Å². The lowest BCUT2D eigenvalue weighted by atomic mass is 10.1. The van der Waals surface area contributed by atoms with Crippen molar-refractivity contribution in [2.75, 3.05) is 44.6 Å². The number of nitrogens with two attached hydrogens (primary N) is 3. The second-order valence-electron chi connectivity index (χ2n) is 10.9. The van der Waals surface area contributed by atoms with E-state index >= 15 is 0 Å². The predicted octanol–water partition coefficient (Wildman–Crippen LogP) is -0.351. The fraction of sp³-hybridized carbons (Fsp3) is 0.519. The minimum Gasteiger partial charge on any atom is -0.466 e. The number of aromatic nitrogens is 2. The van der Waals surface area contributed by atoms with Crippen LogP contribution >= 0.6 is 0 Å². The van der Waals surface area contributed by atoms with E-state index in [0.717, 1.165) is 19.3 Å². The summed E-state index contributed by atoms with van der Waals surface area (Å²) in [7, 11) is 0. The Morgan fingerprint density at radius 3 is 2.27 bits per heavy atom. The van der Waals surface area contributed by atoms with Crippen LogP contribution in [0.2, 0.25) is 0 Å². The zero-order chi connectivity index (χ0) is 29.7. The van der Waals surface area contributed by atoms with Crippen molar-refractivity contribution in [3.63, 3.8) is 0 Å². The van der Waals surface area contributed by atoms with Gasteiger partial charge in [0.2, 0.25) is 12.1 Å². The van der Waals surface area contributed by atoms with Gasteiger partial charge in [0.15, 0.2) is 0 Å². The van der Waals surface area contributed by atoms with Crippen LogP contribution in [0.5, 0.6) is 5.75 Å². The molecule has 0 radical (unpaired) electrons. The molecular weight excluding hydrogens is 530 g/mol. The summed E-state index contributed by atoms with van der Waals surface area (Å²) < 4.78 is 6.96. The van der Waals surface area contributed by atoms with Crippen LogP contribution in [0.1, 0.15) is 33.1 Å². The average Bonchev–Trinajstić information content (AvgIpc) is 3.16. The highest BCUT2D eigenvalue weighted by atomic mass is 16.5. The SMILES string of the molecule is CC(C)(N)C(=O)N1CCN(C(=O)Nc2ccn(-c3ccc(OC(N)C(=O)N4CCCC(N)CC4)cc3)c(=O)n2)CC1. The van der Waals surface area contributed by atoms with Gasteiger partial charge in [-0.05, 0) is 63.4 Å². The maximum absolute atomic E-state index is 12.7. The molecule has 1 aromatic heterocycles. The van der Waals surface area contributed by atoms with Crippen molar-refractivity contribution in [2.24, 2.45) is 17.2 Å². The Kier molecular flexibility index (Phi) is 9.25. The van der Waals surface area contributed by atoms with Gasteiger partial charge in [-0.1, -0.05) is 0 Å². The molecule has 222 valence electrons. The lowest BCUT2D eigenvalue weighted by molar-refractivity contribution is -0.138. The number of nitrogens with one attached hydrogen (secondary N) is 1. The van der Waals surface area contributed by atoms with Gasteiger partial charge in [0, 0.05) is 51.5 Å². The van der Waals surface area contributed by atoms with Crippen molar-refractivity contribution < 1.29 is 19.1 Å². The summed E-state index contributed by atoms with van der Waals surface area (Å²) in [4.78, 5) is 59.3. The molecule has 2 fully saturated rings. The number of urea groups is 1. The van der Waals surface area contributed by atoms with Crippen molar-refractivity contribution in [3.05, 3.63) is 47.0 Å². The fourth-order valence-corrected chi connectivity index (χ4v) is 4.78. The van der Waals surface area contributed by atoms with Crippen LogP contribution in [0.4, 0.5) is 10.6 Å². The second kappa shape index (κ2) is 12.7. The second-order valence-corrected chi connectivity index (χ2v) is 10.9. The average molecular weight is 570 g/mol. The number of hydrogen-bond acceptors (Lipinski definition) is 9. The van der Waals surface area contributed by atoms with E-state index in [1.54, 1.807) is 52.8 Å². The number of carbonyl (C=O) groups is 3. The third-order valence-electron chi connectivity index (χ3n) is 7.15. The molecule has 4 rings (SSSR count). The maximum atomic E-state index is 12.7. The molecule has 0 aliphatic carbocycles. The molecule has 1 aromatic carbocycles. The smallest absolute Gasteiger partial charge is 0.354 e. The zero-order valence-corrected chi connectivity index (χ0v) is 23.5. The number of rotatable bonds is 6. The minimum absolute atomic E-state index is 0.0875. The maximum Gasteiger partial charge on any atom is 0.354 e. The van der Waals surface area contributed by atoms with E-state index in [2.05, 4.69) is 10.3 Å². The Bertz CT molecular complexity index is 1300. The van der Waals surface area contributed by atoms with Crippen molar-refractivity contribution >= 4 is 23.7 Å². The molecule has 7 N–H and O–H groups in total. The third-order valence-corrected chi connectivity index (χ3v) is 7.15. The van der Waals surface area contributed by atoms with Gasteiger partial charge in [0.05, 0.1) is 11.2 Å². The van der Waals surface area contributed by atoms with Crippen molar-refractivity contribution in [1.82, 2.24) is 24.3 Å². The van der Waals surface area contributed by atoms with Crippen LogP contribution in [-0.2, 0) is 9.59 Å². The molecule has 4 amide bonds. The number of anilines is 1. The molecule has 2 aliphatic rings. The Morgan fingerprint density at radius 2 is 1.63 bits per heavy atom. The largest absolute Gasteiger partial charge is 0.466 e. The molecule has 41 heavy (non-hydrogen) atoms. The predicted molar refractivity (Wildman–Crippen MR) is 152 cm³/mol. The van der Waals surface area contributed by atoms with E-state index in [9.17, 15) is 19.2 Å². The van der Waals surface area contributed by atoms with Gasteiger partial charge >= 0.3 is 11.7 Å². The number of hydrogen-bond donors (Lipinski definition) is 4. The first-order valence-corrected chi connectivity index (χ1v) is 13.7. The first-order chi connectivity index (χ1) is 19.4. The first kappa shape index (κ1) is 30.0. The van der Waals surface area contributed by atoms with E-state index in [0.29, 0.717) is 50.7 Å². The molecule has 0 bridgehead atoms. The van der Waals surface area contributed by atoms with Crippen molar-refractivity contribution in [2.45, 2.75) is 50.9 Å². The topological polar surface area (TPSA) is 195 Å². The summed E-state index contributed by atoms with van der Waals surface area (Å²) in [5.74, 6) is 0.0212. The van der Waals surface area contributed by atoms with Crippen molar-refractivity contribution in [1.29, 1.82) is 0 Å². The number of likely N-dealkylation sites (tertiary alicyclic amines) is 1. The van der Waals surface area contributed by atoms with Crippen LogP contribution in [0.3, 0.4) is 0 Å². The summed E-state index contributed by atoms with van der Waals surface area (Å²) in [6.45, 7) is 5.85. The van der Waals surface area contributed by atoms with Gasteiger partial charge in [-0.25, -0.2) is 9.59 Å². The van der Waals surface area contributed by atoms with Crippen LogP contribution < -0.4 is 32.9 Å². The normalized spacial score (nSPS) is 18.9. The minimum atomic E-state index is -1.15. The molecule has 14 heteroatoms. The van der Waals surface area contributed by atoms with Crippen LogP contribution in [-0.4, -0.2) is 99.2 Å². The van der Waals surface area contributed by atoms with Crippen LogP contribution in [0.25, 0.3) is 5.69 Å². The fourth-order valence-electron chi connectivity index (χ4n) is 4.78. The highest BCUT2D eigenvalue weighted by molar-refractivity contribution is 5.89. The lowest BCUT2D eigenvalue weighted by Gasteiger charge is -2.37. The number of amides is 4. The first-order valence-electron chi connectivity index (χ1n) is 13.7. The molecule has 3 heterocycles. The Morgan fingerprint density at radius 1 is 0.976 bits per heavy atom. The standard InChI is InChI=1S/C27H39N9O5/c1-27(2,30)24(38)34-14-16-35(17-15-34)25(39)31-21-10-13-36(26(40)32-21)19-5-7-20(8-6-19)41-22(29)23(37)33-11-3-4-18(28)9-12-33/h5-8,10,13,18,22H,3-4,9,11-12,14-17,28-30H2,1-2H3,(H,31,32,39,40). The number of benzene rings is 1. The highest BCUT2D eigenvalue weighted by Gasteiger charge is 2.31. The molecule has 0 spiro atoms. The van der Waals surface area contributed by atoms with Gasteiger partial charge in [-0.3, -0.25) is 25.2 Å². The summed E-state index contributed by atoms with van der Waals surface area (Å²) in [5.41, 5.74) is 16.8. The van der Waals surface area contributed by atoms with Crippen molar-refractivity contribution in [3.8, 4) is 11.4 Å². The lowest BCUT2D eigenvalue weighted by Crippen LogP contribution is -2.58. The molecule has 2 unspecified atom stereocenters. The summed E-state index contributed by atoms with van der Waals surface area (Å²) >= 11 is 0. The molecule has 2 aromatic rings. The molecular formula is C27H39N9O5. The Labute approximate surface area is 238 Å². The van der Waals surface area contributed by atoms with E-state index in [-0.39, 0.29) is 23.7 Å². The van der Waals surface area contributed by atoms with Gasteiger partial charge in [0.25, 0.3) is 5.91 Å². The molecule has 2 aliphatic heterocycles. The quantitative estimate of drug-likeness (QED) is 0.336. The third kappa shape index (κ3) is 7.60. The Hall–Kier alpha value is -4.01. The Balaban J connectivity index is 1.31. The van der Waals surface area contributed by atoms with Crippen LogP contribution in [0, 0.1) is 0 Å². The van der Waals surface area contributed by atoms with Gasteiger partial charge in [0.1, 0.15) is 11.6 Å². The number of nitrogens with zero attached hydrogens (tertiary/aromatic N) is 5. The van der Waals surface area contributed by atoms with Gasteiger partial charge in [-0.2, -0.15) is 4.98 Å². The zero-order valence-electron chi connectivity index (χ0n) is 23.5. The highest BCUT2D eigenvalue weighted by Crippen LogP contribution is 2.17. The van der Waals surface area contributed by atoms with Gasteiger partial charge in [-0.15, -0.1) is 0 Å². The monoisotopic (exact) mass is 569 g/mol. The molecule has 0 saturated carbocycles. The molecule has 2 saturated heterocycles. The van der Waals surface area contributed by atoms with E-state index in [1.165, 1.54) is 16.8 Å². The molecule has 2 atom stereocenters. The van der Waals surface area contributed by atoms with E-state index < -0.39 is 23.5 Å². The number of ether oxygens (including phenoxy) is 1. The molecule has 14 nitrogen and oxygen atoms in total. The summed E-state index contributed by atoms with van der Waals surface area (Å²) in [6.07, 6.45) is 2.77.